The van der Waals surface area contributed by atoms with E-state index in [1.54, 1.807) is 24.3 Å². The Balaban J connectivity index is 2.19. The van der Waals surface area contributed by atoms with Gasteiger partial charge in [-0.25, -0.2) is 4.79 Å². The molecule has 0 unspecified atom stereocenters. The molecule has 0 aromatic heterocycles. The third-order valence-electron chi connectivity index (χ3n) is 3.24. The van der Waals surface area contributed by atoms with E-state index >= 15 is 0 Å². The SMILES string of the molecule is CCCCCCCCOC(=O)/C=C/C(=O)Nc1ccccc1Cl. The lowest BCUT2D eigenvalue weighted by Gasteiger charge is -2.04. The van der Waals surface area contributed by atoms with Gasteiger partial charge in [-0.2, -0.15) is 0 Å². The van der Waals surface area contributed by atoms with Crippen LogP contribution >= 0.6 is 11.6 Å². The van der Waals surface area contributed by atoms with Crippen LogP contribution in [0.3, 0.4) is 0 Å². The highest BCUT2D eigenvalue weighted by molar-refractivity contribution is 6.33. The zero-order valence-electron chi connectivity index (χ0n) is 13.5. The first-order valence-electron chi connectivity index (χ1n) is 8.04. The highest BCUT2D eigenvalue weighted by Gasteiger charge is 2.03. The molecule has 0 heterocycles. The molecule has 0 saturated heterocycles. The average Bonchev–Trinajstić information content (AvgIpc) is 2.54. The molecule has 0 aliphatic carbocycles. The molecular formula is C18H24ClNO3. The van der Waals surface area contributed by atoms with Crippen LogP contribution < -0.4 is 5.32 Å². The predicted octanol–water partition coefficient (Wildman–Crippen LogP) is 4.74. The van der Waals surface area contributed by atoms with E-state index < -0.39 is 11.9 Å². The van der Waals surface area contributed by atoms with Crippen molar-refractivity contribution in [3.63, 3.8) is 0 Å². The third kappa shape index (κ3) is 9.04. The van der Waals surface area contributed by atoms with Crippen molar-refractivity contribution in [3.8, 4) is 0 Å². The number of halogens is 1. The van der Waals surface area contributed by atoms with Crippen molar-refractivity contribution < 1.29 is 14.3 Å². The summed E-state index contributed by atoms with van der Waals surface area (Å²) in [5.41, 5.74) is 0.504. The Morgan fingerprint density at radius 2 is 1.78 bits per heavy atom. The van der Waals surface area contributed by atoms with E-state index in [4.69, 9.17) is 16.3 Å². The Hall–Kier alpha value is -1.81. The van der Waals surface area contributed by atoms with Gasteiger partial charge in [0.15, 0.2) is 0 Å². The van der Waals surface area contributed by atoms with Crippen LogP contribution in [0, 0.1) is 0 Å². The highest BCUT2D eigenvalue weighted by atomic mass is 35.5. The van der Waals surface area contributed by atoms with Crippen LogP contribution in [0.5, 0.6) is 0 Å². The summed E-state index contributed by atoms with van der Waals surface area (Å²) in [6.07, 6.45) is 9.06. The largest absolute Gasteiger partial charge is 0.463 e. The van der Waals surface area contributed by atoms with E-state index in [9.17, 15) is 9.59 Å². The van der Waals surface area contributed by atoms with E-state index in [1.165, 1.54) is 25.7 Å². The molecule has 0 aliphatic heterocycles. The molecule has 4 nitrogen and oxygen atoms in total. The third-order valence-corrected chi connectivity index (χ3v) is 3.57. The van der Waals surface area contributed by atoms with Crippen LogP contribution in [0.4, 0.5) is 5.69 Å². The number of ether oxygens (including phenoxy) is 1. The summed E-state index contributed by atoms with van der Waals surface area (Å²) in [4.78, 5) is 23.2. The number of unbranched alkanes of at least 4 members (excludes halogenated alkanes) is 5. The molecular weight excluding hydrogens is 314 g/mol. The highest BCUT2D eigenvalue weighted by Crippen LogP contribution is 2.20. The van der Waals surface area contributed by atoms with Gasteiger partial charge >= 0.3 is 5.97 Å². The molecule has 1 N–H and O–H groups in total. The number of anilines is 1. The molecule has 5 heteroatoms. The number of para-hydroxylation sites is 1. The van der Waals surface area contributed by atoms with Crippen LogP contribution in [0.15, 0.2) is 36.4 Å². The van der Waals surface area contributed by atoms with Crippen LogP contribution in [0.1, 0.15) is 45.4 Å². The quantitative estimate of drug-likeness (QED) is 0.381. The molecule has 1 aromatic rings. The van der Waals surface area contributed by atoms with Gasteiger partial charge in [0.25, 0.3) is 0 Å². The van der Waals surface area contributed by atoms with E-state index in [-0.39, 0.29) is 0 Å². The molecule has 0 fully saturated rings. The zero-order valence-corrected chi connectivity index (χ0v) is 14.3. The minimum atomic E-state index is -0.507. The second-order valence-corrected chi connectivity index (χ2v) is 5.64. The topological polar surface area (TPSA) is 55.4 Å². The predicted molar refractivity (Wildman–Crippen MR) is 93.6 cm³/mol. The fraction of sp³-hybridized carbons (Fsp3) is 0.444. The van der Waals surface area contributed by atoms with Crippen molar-refractivity contribution >= 4 is 29.2 Å². The molecule has 0 bridgehead atoms. The van der Waals surface area contributed by atoms with E-state index in [0.29, 0.717) is 17.3 Å². The van der Waals surface area contributed by atoms with Gasteiger partial charge in [-0.15, -0.1) is 0 Å². The number of esters is 1. The Morgan fingerprint density at radius 1 is 1.09 bits per heavy atom. The second-order valence-electron chi connectivity index (χ2n) is 5.24. The Bertz CT molecular complexity index is 529. The maximum atomic E-state index is 11.7. The Kier molecular flexibility index (Phi) is 9.80. The maximum absolute atomic E-state index is 11.7. The molecule has 0 atom stereocenters. The fourth-order valence-electron chi connectivity index (χ4n) is 1.98. The van der Waals surface area contributed by atoms with Crippen molar-refractivity contribution in [1.29, 1.82) is 0 Å². The molecule has 1 amide bonds. The molecule has 0 aliphatic rings. The first kappa shape index (κ1) is 19.2. The van der Waals surface area contributed by atoms with Gasteiger partial charge < -0.3 is 10.1 Å². The van der Waals surface area contributed by atoms with Gasteiger partial charge in [-0.1, -0.05) is 62.8 Å². The van der Waals surface area contributed by atoms with Crippen LogP contribution in [-0.2, 0) is 14.3 Å². The lowest BCUT2D eigenvalue weighted by Crippen LogP contribution is -2.10. The second kappa shape index (κ2) is 11.7. The Labute approximate surface area is 142 Å². The molecule has 1 aromatic carbocycles. The number of amides is 1. The number of benzene rings is 1. The monoisotopic (exact) mass is 337 g/mol. The van der Waals surface area contributed by atoms with Gasteiger partial charge in [0.2, 0.25) is 5.91 Å². The fourth-order valence-corrected chi connectivity index (χ4v) is 2.17. The van der Waals surface area contributed by atoms with Crippen molar-refractivity contribution in [3.05, 3.63) is 41.4 Å². The Morgan fingerprint density at radius 3 is 2.52 bits per heavy atom. The van der Waals surface area contributed by atoms with Gasteiger partial charge in [-0.05, 0) is 18.6 Å². The average molecular weight is 338 g/mol. The molecule has 0 radical (unpaired) electrons. The summed E-state index contributed by atoms with van der Waals surface area (Å²) in [6, 6.07) is 6.90. The number of nitrogens with one attached hydrogen (secondary N) is 1. The summed E-state index contributed by atoms with van der Waals surface area (Å²) >= 11 is 5.93. The van der Waals surface area contributed by atoms with Crippen molar-refractivity contribution in [1.82, 2.24) is 0 Å². The summed E-state index contributed by atoms with van der Waals surface area (Å²) in [5.74, 6) is -0.928. The normalized spacial score (nSPS) is 10.7. The van der Waals surface area contributed by atoms with Crippen LogP contribution in [-0.4, -0.2) is 18.5 Å². The number of carbonyl (C=O) groups is 2. The number of carbonyl (C=O) groups excluding carboxylic acids is 2. The smallest absolute Gasteiger partial charge is 0.330 e. The van der Waals surface area contributed by atoms with E-state index in [2.05, 4.69) is 12.2 Å². The minimum Gasteiger partial charge on any atom is -0.463 e. The van der Waals surface area contributed by atoms with Gasteiger partial charge in [-0.3, -0.25) is 4.79 Å². The zero-order chi connectivity index (χ0) is 16.9. The van der Waals surface area contributed by atoms with Gasteiger partial charge in [0.05, 0.1) is 17.3 Å². The first-order valence-corrected chi connectivity index (χ1v) is 8.41. The van der Waals surface area contributed by atoms with Crippen molar-refractivity contribution in [2.45, 2.75) is 45.4 Å². The minimum absolute atomic E-state index is 0.390. The van der Waals surface area contributed by atoms with E-state index in [0.717, 1.165) is 25.0 Å². The first-order chi connectivity index (χ1) is 11.1. The lowest BCUT2D eigenvalue weighted by molar-refractivity contribution is -0.138. The lowest BCUT2D eigenvalue weighted by atomic mass is 10.1. The maximum Gasteiger partial charge on any atom is 0.330 e. The summed E-state index contributed by atoms with van der Waals surface area (Å²) in [6.45, 7) is 2.57. The summed E-state index contributed by atoms with van der Waals surface area (Å²) in [5, 5.41) is 3.04. The van der Waals surface area contributed by atoms with Crippen LogP contribution in [0.25, 0.3) is 0 Å². The van der Waals surface area contributed by atoms with Crippen LogP contribution in [0.2, 0.25) is 5.02 Å². The van der Waals surface area contributed by atoms with Gasteiger partial charge in [0, 0.05) is 12.2 Å². The molecule has 1 rings (SSSR count). The number of rotatable bonds is 10. The summed E-state index contributed by atoms with van der Waals surface area (Å²) < 4.78 is 5.04. The number of hydrogen-bond acceptors (Lipinski definition) is 3. The molecule has 0 saturated carbocycles. The van der Waals surface area contributed by atoms with Gasteiger partial charge in [0.1, 0.15) is 0 Å². The van der Waals surface area contributed by atoms with Crippen molar-refractivity contribution in [2.75, 3.05) is 11.9 Å². The molecule has 126 valence electrons. The molecule has 0 spiro atoms. The molecule has 23 heavy (non-hydrogen) atoms. The summed E-state index contributed by atoms with van der Waals surface area (Å²) in [7, 11) is 0. The number of hydrogen-bond donors (Lipinski definition) is 1. The van der Waals surface area contributed by atoms with E-state index in [1.807, 2.05) is 0 Å². The standard InChI is InChI=1S/C18H24ClNO3/c1-2-3-4-5-6-9-14-23-18(22)13-12-17(21)20-16-11-8-7-10-15(16)19/h7-8,10-13H,2-6,9,14H2,1H3,(H,20,21)/b13-12+. The van der Waals surface area contributed by atoms with Crippen molar-refractivity contribution in [2.24, 2.45) is 0 Å².